The molecule has 1 aromatic heterocycles. The van der Waals surface area contributed by atoms with Crippen molar-refractivity contribution in [3.63, 3.8) is 0 Å². The van der Waals surface area contributed by atoms with Crippen LogP contribution in [-0.2, 0) is 11.2 Å². The number of amides is 1. The lowest BCUT2D eigenvalue weighted by molar-refractivity contribution is -0.117. The van der Waals surface area contributed by atoms with E-state index in [9.17, 15) is 4.79 Å². The lowest BCUT2D eigenvalue weighted by Gasteiger charge is -2.16. The molecule has 0 saturated carbocycles. The van der Waals surface area contributed by atoms with Gasteiger partial charge in [-0.05, 0) is 54.3 Å². The Balaban J connectivity index is 1.44. The topological polar surface area (TPSA) is 68.5 Å². The summed E-state index contributed by atoms with van der Waals surface area (Å²) in [5.74, 6) is 2.31. The van der Waals surface area contributed by atoms with E-state index in [1.807, 2.05) is 36.4 Å². The maximum Gasteiger partial charge on any atom is 0.232 e. The van der Waals surface area contributed by atoms with Crippen molar-refractivity contribution in [3.05, 3.63) is 60.0 Å². The first-order valence-corrected chi connectivity index (χ1v) is 10.5. The van der Waals surface area contributed by atoms with E-state index in [2.05, 4.69) is 43.0 Å². The molecule has 2 aromatic carbocycles. The van der Waals surface area contributed by atoms with Crippen LogP contribution in [0.4, 0.5) is 5.69 Å². The fourth-order valence-electron chi connectivity index (χ4n) is 3.52. The minimum Gasteiger partial charge on any atom is -0.493 e. The first-order chi connectivity index (χ1) is 14.5. The summed E-state index contributed by atoms with van der Waals surface area (Å²) >= 11 is 0. The quantitative estimate of drug-likeness (QED) is 0.562. The number of carbonyl (C=O) groups excluding carboxylic acids is 1. The summed E-state index contributed by atoms with van der Waals surface area (Å²) in [6, 6.07) is 15.8. The number of hydrogen-bond donors (Lipinski definition) is 0. The average Bonchev–Trinajstić information content (AvgIpc) is 3.40. The predicted molar refractivity (Wildman–Crippen MR) is 116 cm³/mol. The fourth-order valence-corrected chi connectivity index (χ4v) is 3.52. The summed E-state index contributed by atoms with van der Waals surface area (Å²) in [6.45, 7) is 7.58. The van der Waals surface area contributed by atoms with Crippen molar-refractivity contribution in [1.82, 2.24) is 10.1 Å². The monoisotopic (exact) mass is 405 g/mol. The number of rotatable bonds is 7. The minimum atomic E-state index is -0.0988. The lowest BCUT2D eigenvalue weighted by Crippen LogP contribution is -2.24. The molecule has 1 saturated heterocycles. The van der Waals surface area contributed by atoms with Crippen molar-refractivity contribution < 1.29 is 14.1 Å². The third kappa shape index (κ3) is 4.37. The van der Waals surface area contributed by atoms with E-state index < -0.39 is 0 Å². The minimum absolute atomic E-state index is 0.0793. The molecule has 1 amide bonds. The van der Waals surface area contributed by atoms with Crippen LogP contribution in [0.5, 0.6) is 5.75 Å². The van der Waals surface area contributed by atoms with Gasteiger partial charge in [0.25, 0.3) is 0 Å². The number of hydrogen-bond acceptors (Lipinski definition) is 5. The molecule has 1 unspecified atom stereocenters. The van der Waals surface area contributed by atoms with Gasteiger partial charge in [-0.25, -0.2) is 0 Å². The molecule has 30 heavy (non-hydrogen) atoms. The van der Waals surface area contributed by atoms with Gasteiger partial charge in [0.2, 0.25) is 17.6 Å². The molecule has 0 spiro atoms. The molecule has 6 heteroatoms. The van der Waals surface area contributed by atoms with Crippen LogP contribution >= 0.6 is 0 Å². The van der Waals surface area contributed by atoms with E-state index >= 15 is 0 Å². The maximum absolute atomic E-state index is 12.6. The Morgan fingerprint density at radius 1 is 1.13 bits per heavy atom. The summed E-state index contributed by atoms with van der Waals surface area (Å²) in [4.78, 5) is 18.9. The van der Waals surface area contributed by atoms with Gasteiger partial charge in [-0.15, -0.1) is 0 Å². The summed E-state index contributed by atoms with van der Waals surface area (Å²) in [5, 5.41) is 4.12. The Kier molecular flexibility index (Phi) is 5.84. The van der Waals surface area contributed by atoms with E-state index in [0.29, 0.717) is 37.2 Å². The van der Waals surface area contributed by atoms with Crippen LogP contribution in [0.2, 0.25) is 0 Å². The average molecular weight is 405 g/mol. The lowest BCUT2D eigenvalue weighted by atomic mass is 10.1. The predicted octanol–water partition coefficient (Wildman–Crippen LogP) is 4.85. The summed E-state index contributed by atoms with van der Waals surface area (Å²) in [6.07, 6.45) is 1.35. The van der Waals surface area contributed by atoms with E-state index in [1.165, 1.54) is 5.56 Å². The van der Waals surface area contributed by atoms with Crippen molar-refractivity contribution in [1.29, 1.82) is 0 Å². The number of benzene rings is 2. The van der Waals surface area contributed by atoms with E-state index in [4.69, 9.17) is 9.26 Å². The summed E-state index contributed by atoms with van der Waals surface area (Å²) < 4.78 is 11.2. The van der Waals surface area contributed by atoms with E-state index in [0.717, 1.165) is 23.4 Å². The van der Waals surface area contributed by atoms with Crippen LogP contribution in [-0.4, -0.2) is 29.2 Å². The molecule has 1 aliphatic heterocycles. The standard InChI is InChI=1S/C24H27N3O3/c1-4-17-5-9-20(10-6-17)27-14-19(13-22(27)28)24-25-23(26-30-24)18-7-11-21(12-8-18)29-15-16(2)3/h5-12,16,19H,4,13-15H2,1-3H3. The molecular weight excluding hydrogens is 378 g/mol. The normalized spacial score (nSPS) is 16.5. The smallest absolute Gasteiger partial charge is 0.232 e. The van der Waals surface area contributed by atoms with Crippen LogP contribution in [0.3, 0.4) is 0 Å². The van der Waals surface area contributed by atoms with Crippen LogP contribution in [0.15, 0.2) is 53.1 Å². The van der Waals surface area contributed by atoms with Crippen LogP contribution in [0.25, 0.3) is 11.4 Å². The molecule has 1 fully saturated rings. The molecule has 0 radical (unpaired) electrons. The van der Waals surface area contributed by atoms with Crippen LogP contribution < -0.4 is 9.64 Å². The largest absolute Gasteiger partial charge is 0.493 e. The zero-order chi connectivity index (χ0) is 21.1. The van der Waals surface area contributed by atoms with Gasteiger partial charge < -0.3 is 14.2 Å². The number of ether oxygens (including phenoxy) is 1. The van der Waals surface area contributed by atoms with Crippen molar-refractivity contribution in [2.45, 2.75) is 39.5 Å². The van der Waals surface area contributed by atoms with Crippen molar-refractivity contribution in [2.24, 2.45) is 5.92 Å². The SMILES string of the molecule is CCc1ccc(N2CC(c3nc(-c4ccc(OCC(C)C)cc4)no3)CC2=O)cc1. The second kappa shape index (κ2) is 8.69. The molecule has 0 N–H and O–H groups in total. The molecule has 0 aliphatic carbocycles. The van der Waals surface area contributed by atoms with E-state index in [-0.39, 0.29) is 11.8 Å². The maximum atomic E-state index is 12.6. The van der Waals surface area contributed by atoms with Crippen molar-refractivity contribution >= 4 is 11.6 Å². The van der Waals surface area contributed by atoms with Gasteiger partial charge in [-0.1, -0.05) is 38.1 Å². The molecule has 3 aromatic rings. The highest BCUT2D eigenvalue weighted by atomic mass is 16.5. The summed E-state index contributed by atoms with van der Waals surface area (Å²) in [7, 11) is 0. The molecule has 0 bridgehead atoms. The first-order valence-electron chi connectivity index (χ1n) is 10.5. The Morgan fingerprint density at radius 2 is 1.87 bits per heavy atom. The first kappa shape index (κ1) is 20.1. The van der Waals surface area contributed by atoms with Gasteiger partial charge in [0, 0.05) is 24.2 Å². The van der Waals surface area contributed by atoms with Gasteiger partial charge >= 0.3 is 0 Å². The molecule has 6 nitrogen and oxygen atoms in total. The van der Waals surface area contributed by atoms with Gasteiger partial charge in [-0.3, -0.25) is 4.79 Å². The molecule has 1 aliphatic rings. The molecule has 2 heterocycles. The summed E-state index contributed by atoms with van der Waals surface area (Å²) in [5.41, 5.74) is 3.03. The van der Waals surface area contributed by atoms with Gasteiger partial charge in [0.05, 0.1) is 12.5 Å². The number of aromatic nitrogens is 2. The van der Waals surface area contributed by atoms with Gasteiger partial charge in [0.1, 0.15) is 5.75 Å². The number of anilines is 1. The molecule has 156 valence electrons. The fraction of sp³-hybridized carbons (Fsp3) is 0.375. The Labute approximate surface area is 176 Å². The second-order valence-electron chi connectivity index (χ2n) is 8.11. The highest BCUT2D eigenvalue weighted by Gasteiger charge is 2.35. The molecular formula is C24H27N3O3. The van der Waals surface area contributed by atoms with Gasteiger partial charge in [-0.2, -0.15) is 4.98 Å². The van der Waals surface area contributed by atoms with Crippen LogP contribution in [0, 0.1) is 5.92 Å². The highest BCUT2D eigenvalue weighted by Crippen LogP contribution is 2.32. The van der Waals surface area contributed by atoms with Crippen molar-refractivity contribution in [2.75, 3.05) is 18.1 Å². The second-order valence-corrected chi connectivity index (χ2v) is 8.11. The zero-order valence-electron chi connectivity index (χ0n) is 17.7. The van der Waals surface area contributed by atoms with Gasteiger partial charge in [0.15, 0.2) is 0 Å². The Bertz CT molecular complexity index is 993. The van der Waals surface area contributed by atoms with Crippen LogP contribution in [0.1, 0.15) is 44.6 Å². The molecule has 1 atom stereocenters. The third-order valence-corrected chi connectivity index (χ3v) is 5.27. The zero-order valence-corrected chi connectivity index (χ0v) is 17.7. The number of nitrogens with zero attached hydrogens (tertiary/aromatic N) is 3. The van der Waals surface area contributed by atoms with Crippen molar-refractivity contribution in [3.8, 4) is 17.1 Å². The molecule has 4 rings (SSSR count). The number of carbonyl (C=O) groups is 1. The number of aryl methyl sites for hydroxylation is 1. The Morgan fingerprint density at radius 3 is 2.53 bits per heavy atom. The third-order valence-electron chi connectivity index (χ3n) is 5.27. The van der Waals surface area contributed by atoms with E-state index in [1.54, 1.807) is 4.90 Å². The highest BCUT2D eigenvalue weighted by molar-refractivity contribution is 5.96. The Hall–Kier alpha value is -3.15.